The zero-order valence-electron chi connectivity index (χ0n) is 11.4. The molecule has 0 radical (unpaired) electrons. The highest BCUT2D eigenvalue weighted by Crippen LogP contribution is 2.23. The van der Waals surface area contributed by atoms with Crippen LogP contribution >= 0.6 is 11.6 Å². The first-order chi connectivity index (χ1) is 10.00. The Balaban J connectivity index is 1.88. The van der Waals surface area contributed by atoms with Gasteiger partial charge in [-0.15, -0.1) is 10.2 Å². The number of hydrogen-bond donors (Lipinski definition) is 0. The molecule has 3 heterocycles. The van der Waals surface area contributed by atoms with E-state index in [-0.39, 0.29) is 16.6 Å². The van der Waals surface area contributed by atoms with E-state index in [1.54, 1.807) is 6.07 Å². The second-order valence-corrected chi connectivity index (χ2v) is 7.21. The zero-order chi connectivity index (χ0) is 15.0. The smallest absolute Gasteiger partial charge is 0.246 e. The van der Waals surface area contributed by atoms with E-state index in [4.69, 9.17) is 11.6 Å². The number of sulfonamides is 1. The average Bonchev–Trinajstić information content (AvgIpc) is 3.04. The van der Waals surface area contributed by atoms with E-state index < -0.39 is 10.0 Å². The summed E-state index contributed by atoms with van der Waals surface area (Å²) in [6, 6.07) is 2.98. The van der Waals surface area contributed by atoms with E-state index in [1.165, 1.54) is 23.6 Å². The lowest BCUT2D eigenvalue weighted by Crippen LogP contribution is -2.28. The highest BCUT2D eigenvalue weighted by atomic mass is 35.5. The largest absolute Gasteiger partial charge is 0.314 e. The van der Waals surface area contributed by atoms with Gasteiger partial charge < -0.3 is 4.57 Å². The van der Waals surface area contributed by atoms with Gasteiger partial charge >= 0.3 is 0 Å². The van der Waals surface area contributed by atoms with Crippen molar-refractivity contribution in [1.29, 1.82) is 0 Å². The van der Waals surface area contributed by atoms with Crippen LogP contribution in [0.2, 0.25) is 5.15 Å². The van der Waals surface area contributed by atoms with E-state index in [9.17, 15) is 8.42 Å². The number of pyridine rings is 1. The number of aromatic nitrogens is 4. The molecule has 0 atom stereocenters. The summed E-state index contributed by atoms with van der Waals surface area (Å²) in [6.07, 6.45) is 3.35. The Hall–Kier alpha value is -1.51. The first-order valence-electron chi connectivity index (χ1n) is 6.48. The third kappa shape index (κ3) is 2.54. The fourth-order valence-corrected chi connectivity index (χ4v) is 3.89. The highest BCUT2D eigenvalue weighted by Gasteiger charge is 2.27. The van der Waals surface area contributed by atoms with Gasteiger partial charge in [0, 0.05) is 26.2 Å². The predicted octanol–water partition coefficient (Wildman–Crippen LogP) is 1.09. The maximum Gasteiger partial charge on any atom is 0.246 e. The zero-order valence-corrected chi connectivity index (χ0v) is 13.0. The molecule has 0 N–H and O–H groups in total. The number of rotatable bonds is 4. The number of hydrogen-bond acceptors (Lipinski definition) is 5. The highest BCUT2D eigenvalue weighted by molar-refractivity contribution is 7.89. The van der Waals surface area contributed by atoms with Gasteiger partial charge in [-0.05, 0) is 18.6 Å². The monoisotopic (exact) mass is 327 g/mol. The minimum absolute atomic E-state index is 0.00433. The Morgan fingerprint density at radius 3 is 3.00 bits per heavy atom. The van der Waals surface area contributed by atoms with Gasteiger partial charge in [0.05, 0.1) is 6.54 Å². The van der Waals surface area contributed by atoms with Gasteiger partial charge in [0.25, 0.3) is 0 Å². The molecule has 0 amide bonds. The molecular weight excluding hydrogens is 314 g/mol. The molecule has 1 aliphatic heterocycles. The number of fused-ring (bicyclic) bond motifs is 1. The number of nitrogens with zero attached hydrogens (tertiary/aromatic N) is 5. The Morgan fingerprint density at radius 2 is 2.24 bits per heavy atom. The molecule has 0 saturated carbocycles. The fraction of sp³-hybridized carbons (Fsp3) is 0.417. The molecule has 0 aromatic carbocycles. The van der Waals surface area contributed by atoms with Crippen LogP contribution in [0.3, 0.4) is 0 Å². The summed E-state index contributed by atoms with van der Waals surface area (Å²) >= 11 is 5.88. The van der Waals surface area contributed by atoms with Crippen LogP contribution in [0.4, 0.5) is 0 Å². The molecule has 0 bridgehead atoms. The third-order valence-electron chi connectivity index (χ3n) is 3.46. The normalized spacial score (nSPS) is 14.6. The molecule has 1 aliphatic rings. The van der Waals surface area contributed by atoms with E-state index in [0.29, 0.717) is 5.82 Å². The summed E-state index contributed by atoms with van der Waals surface area (Å²) in [5, 5.41) is 8.11. The van der Waals surface area contributed by atoms with Crippen molar-refractivity contribution in [3.63, 3.8) is 0 Å². The molecule has 9 heteroatoms. The number of halogens is 1. The van der Waals surface area contributed by atoms with Crippen LogP contribution in [0.5, 0.6) is 0 Å². The Morgan fingerprint density at radius 1 is 1.43 bits per heavy atom. The Kier molecular flexibility index (Phi) is 3.68. The molecule has 0 fully saturated rings. The van der Waals surface area contributed by atoms with Crippen molar-refractivity contribution in [2.24, 2.45) is 0 Å². The van der Waals surface area contributed by atoms with Gasteiger partial charge in [-0.25, -0.2) is 13.4 Å². The van der Waals surface area contributed by atoms with Crippen molar-refractivity contribution in [3.05, 3.63) is 35.1 Å². The maximum absolute atomic E-state index is 12.5. The van der Waals surface area contributed by atoms with E-state index in [0.717, 1.165) is 25.2 Å². The molecule has 3 rings (SSSR count). The minimum atomic E-state index is -3.71. The summed E-state index contributed by atoms with van der Waals surface area (Å²) in [4.78, 5) is 3.80. The lowest BCUT2D eigenvalue weighted by Gasteiger charge is -2.17. The van der Waals surface area contributed by atoms with Crippen molar-refractivity contribution in [1.82, 2.24) is 24.1 Å². The second kappa shape index (κ2) is 5.36. The predicted molar refractivity (Wildman–Crippen MR) is 76.2 cm³/mol. The Bertz CT molecular complexity index is 774. The van der Waals surface area contributed by atoms with Crippen LogP contribution in [0.1, 0.15) is 18.1 Å². The number of aryl methyl sites for hydroxylation is 1. The summed E-state index contributed by atoms with van der Waals surface area (Å²) in [5.74, 6) is 1.56. The molecule has 0 spiro atoms. The van der Waals surface area contributed by atoms with Crippen LogP contribution in [-0.4, -0.2) is 39.5 Å². The van der Waals surface area contributed by atoms with Gasteiger partial charge in [0.2, 0.25) is 10.0 Å². The van der Waals surface area contributed by atoms with Gasteiger partial charge in [-0.2, -0.15) is 4.31 Å². The topological polar surface area (TPSA) is 81.0 Å². The molecule has 0 aliphatic carbocycles. The summed E-state index contributed by atoms with van der Waals surface area (Å²) in [6.45, 7) is 0.986. The lowest BCUT2D eigenvalue weighted by atomic mass is 10.4. The van der Waals surface area contributed by atoms with Crippen LogP contribution in [0.15, 0.2) is 23.2 Å². The standard InChI is InChI=1S/C12H14ClN5O2S/c1-17(8-11-16-15-10-5-3-7-18(10)11)21(19,20)9-4-2-6-14-12(9)13/h2,4,6H,3,5,7-8H2,1H3. The summed E-state index contributed by atoms with van der Waals surface area (Å²) < 4.78 is 28.2. The van der Waals surface area contributed by atoms with Gasteiger partial charge in [0.15, 0.2) is 0 Å². The first kappa shape index (κ1) is 14.4. The van der Waals surface area contributed by atoms with Gasteiger partial charge in [-0.3, -0.25) is 0 Å². The second-order valence-electron chi connectivity index (χ2n) is 4.84. The lowest BCUT2D eigenvalue weighted by molar-refractivity contribution is 0.446. The van der Waals surface area contributed by atoms with E-state index >= 15 is 0 Å². The van der Waals surface area contributed by atoms with Crippen molar-refractivity contribution in [2.75, 3.05) is 7.05 Å². The molecular formula is C12H14ClN5O2S. The minimum Gasteiger partial charge on any atom is -0.314 e. The average molecular weight is 328 g/mol. The van der Waals surface area contributed by atoms with Crippen molar-refractivity contribution in [3.8, 4) is 0 Å². The molecule has 2 aromatic rings. The van der Waals surface area contributed by atoms with Crippen molar-refractivity contribution < 1.29 is 8.42 Å². The van der Waals surface area contributed by atoms with Crippen LogP contribution in [-0.2, 0) is 29.5 Å². The maximum atomic E-state index is 12.5. The molecule has 2 aromatic heterocycles. The van der Waals surface area contributed by atoms with Crippen LogP contribution < -0.4 is 0 Å². The molecule has 0 unspecified atom stereocenters. The summed E-state index contributed by atoms with van der Waals surface area (Å²) in [7, 11) is -2.21. The van der Waals surface area contributed by atoms with Crippen LogP contribution in [0.25, 0.3) is 0 Å². The van der Waals surface area contributed by atoms with Gasteiger partial charge in [-0.1, -0.05) is 11.6 Å². The van der Waals surface area contributed by atoms with E-state index in [1.807, 2.05) is 4.57 Å². The molecule has 21 heavy (non-hydrogen) atoms. The quantitative estimate of drug-likeness (QED) is 0.785. The SMILES string of the molecule is CN(Cc1nnc2n1CCC2)S(=O)(=O)c1cccnc1Cl. The molecule has 0 saturated heterocycles. The Labute approximate surface area is 127 Å². The first-order valence-corrected chi connectivity index (χ1v) is 8.30. The third-order valence-corrected chi connectivity index (χ3v) is 5.71. The molecule has 112 valence electrons. The van der Waals surface area contributed by atoms with Crippen LogP contribution in [0, 0.1) is 0 Å². The van der Waals surface area contributed by atoms with Gasteiger partial charge in [0.1, 0.15) is 21.7 Å². The fourth-order valence-electron chi connectivity index (χ4n) is 2.34. The van der Waals surface area contributed by atoms with E-state index in [2.05, 4.69) is 15.2 Å². The van der Waals surface area contributed by atoms with Crippen molar-refractivity contribution >= 4 is 21.6 Å². The molecule has 7 nitrogen and oxygen atoms in total. The summed E-state index contributed by atoms with van der Waals surface area (Å²) in [5.41, 5.74) is 0. The van der Waals surface area contributed by atoms with Crippen molar-refractivity contribution in [2.45, 2.75) is 30.8 Å².